The van der Waals surface area contributed by atoms with Crippen LogP contribution in [-0.4, -0.2) is 36.6 Å². The standard InChI is InChI=1S/C16H32N2/c1-12(2)15-11-18(9-5-6-14-7-8-14)16(10-17-15)13(3)4/h12-17H,5-11H2,1-4H3. The zero-order chi connectivity index (χ0) is 13.1. The lowest BCUT2D eigenvalue weighted by Crippen LogP contribution is -2.59. The molecule has 2 atom stereocenters. The van der Waals surface area contributed by atoms with Crippen LogP contribution in [-0.2, 0) is 0 Å². The van der Waals surface area contributed by atoms with Crippen molar-refractivity contribution in [1.82, 2.24) is 10.2 Å². The van der Waals surface area contributed by atoms with E-state index in [4.69, 9.17) is 0 Å². The molecule has 1 heterocycles. The molecule has 1 N–H and O–H groups in total. The predicted octanol–water partition coefficient (Wildman–Crippen LogP) is 3.13. The summed E-state index contributed by atoms with van der Waals surface area (Å²) in [4.78, 5) is 2.77. The van der Waals surface area contributed by atoms with Gasteiger partial charge in [0.1, 0.15) is 0 Å². The highest BCUT2D eigenvalue weighted by Crippen LogP contribution is 2.33. The first-order chi connectivity index (χ1) is 8.58. The van der Waals surface area contributed by atoms with E-state index in [0.29, 0.717) is 6.04 Å². The van der Waals surface area contributed by atoms with Gasteiger partial charge >= 0.3 is 0 Å². The van der Waals surface area contributed by atoms with Gasteiger partial charge in [-0.3, -0.25) is 4.90 Å². The summed E-state index contributed by atoms with van der Waals surface area (Å²) >= 11 is 0. The Morgan fingerprint density at radius 1 is 1.11 bits per heavy atom. The van der Waals surface area contributed by atoms with Crippen LogP contribution in [0.5, 0.6) is 0 Å². The topological polar surface area (TPSA) is 15.3 Å². The van der Waals surface area contributed by atoms with Gasteiger partial charge in [0.05, 0.1) is 0 Å². The van der Waals surface area contributed by atoms with Crippen molar-refractivity contribution in [2.75, 3.05) is 19.6 Å². The van der Waals surface area contributed by atoms with Crippen molar-refractivity contribution in [2.45, 2.75) is 65.5 Å². The second kappa shape index (κ2) is 6.38. The molecule has 0 radical (unpaired) electrons. The Labute approximate surface area is 114 Å². The molecular formula is C16H32N2. The van der Waals surface area contributed by atoms with Crippen molar-refractivity contribution >= 4 is 0 Å². The first-order valence-corrected chi connectivity index (χ1v) is 8.05. The number of nitrogens with zero attached hydrogens (tertiary/aromatic N) is 1. The predicted molar refractivity (Wildman–Crippen MR) is 78.8 cm³/mol. The zero-order valence-electron chi connectivity index (χ0n) is 12.8. The summed E-state index contributed by atoms with van der Waals surface area (Å²) < 4.78 is 0. The fourth-order valence-electron chi connectivity index (χ4n) is 3.20. The summed E-state index contributed by atoms with van der Waals surface area (Å²) in [7, 11) is 0. The molecule has 0 aromatic carbocycles. The highest BCUT2D eigenvalue weighted by Gasteiger charge is 2.31. The second-order valence-electron chi connectivity index (χ2n) is 7.15. The lowest BCUT2D eigenvalue weighted by Gasteiger charge is -2.43. The second-order valence-corrected chi connectivity index (χ2v) is 7.15. The average molecular weight is 252 g/mol. The SMILES string of the molecule is CC(C)C1CN(CCCC2CC2)C(C(C)C)CN1. The highest BCUT2D eigenvalue weighted by atomic mass is 15.2. The normalized spacial score (nSPS) is 30.3. The quantitative estimate of drug-likeness (QED) is 0.781. The maximum atomic E-state index is 3.75. The summed E-state index contributed by atoms with van der Waals surface area (Å²) in [5, 5.41) is 3.75. The van der Waals surface area contributed by atoms with E-state index in [2.05, 4.69) is 37.9 Å². The molecule has 2 aliphatic rings. The molecule has 1 aliphatic carbocycles. The minimum atomic E-state index is 0.695. The molecule has 0 aromatic heterocycles. The Morgan fingerprint density at radius 2 is 1.83 bits per heavy atom. The molecule has 2 rings (SSSR count). The van der Waals surface area contributed by atoms with Crippen LogP contribution in [0.1, 0.15) is 53.4 Å². The van der Waals surface area contributed by atoms with Gasteiger partial charge < -0.3 is 5.32 Å². The lowest BCUT2D eigenvalue weighted by atomic mass is 9.94. The Bertz CT molecular complexity index is 245. The summed E-state index contributed by atoms with van der Waals surface area (Å²) in [6.07, 6.45) is 5.90. The number of hydrogen-bond donors (Lipinski definition) is 1. The van der Waals surface area contributed by atoms with Gasteiger partial charge in [-0.2, -0.15) is 0 Å². The molecule has 2 fully saturated rings. The van der Waals surface area contributed by atoms with Gasteiger partial charge in [-0.15, -0.1) is 0 Å². The highest BCUT2D eigenvalue weighted by molar-refractivity contribution is 4.89. The fourth-order valence-corrected chi connectivity index (χ4v) is 3.20. The molecule has 2 unspecified atom stereocenters. The van der Waals surface area contributed by atoms with E-state index < -0.39 is 0 Å². The van der Waals surface area contributed by atoms with Crippen LogP contribution >= 0.6 is 0 Å². The summed E-state index contributed by atoms with van der Waals surface area (Å²) in [5.41, 5.74) is 0. The van der Waals surface area contributed by atoms with Crippen molar-refractivity contribution in [3.05, 3.63) is 0 Å². The summed E-state index contributed by atoms with van der Waals surface area (Å²) in [6.45, 7) is 13.2. The largest absolute Gasteiger partial charge is 0.311 e. The monoisotopic (exact) mass is 252 g/mol. The molecular weight excluding hydrogens is 220 g/mol. The van der Waals surface area contributed by atoms with Gasteiger partial charge in [-0.1, -0.05) is 40.5 Å². The van der Waals surface area contributed by atoms with E-state index >= 15 is 0 Å². The van der Waals surface area contributed by atoms with Crippen LogP contribution in [0.2, 0.25) is 0 Å². The number of piperazine rings is 1. The van der Waals surface area contributed by atoms with E-state index in [0.717, 1.165) is 23.8 Å². The Kier molecular flexibility index (Phi) is 5.08. The third-order valence-electron chi connectivity index (χ3n) is 4.82. The van der Waals surface area contributed by atoms with Crippen molar-refractivity contribution in [1.29, 1.82) is 0 Å². The molecule has 1 saturated carbocycles. The van der Waals surface area contributed by atoms with Crippen molar-refractivity contribution < 1.29 is 0 Å². The third kappa shape index (κ3) is 3.96. The number of nitrogens with one attached hydrogen (secondary N) is 1. The van der Waals surface area contributed by atoms with Crippen LogP contribution in [0.25, 0.3) is 0 Å². The van der Waals surface area contributed by atoms with Gasteiger partial charge in [-0.25, -0.2) is 0 Å². The molecule has 0 amide bonds. The fraction of sp³-hybridized carbons (Fsp3) is 1.00. The van der Waals surface area contributed by atoms with Gasteiger partial charge in [0, 0.05) is 25.2 Å². The van der Waals surface area contributed by atoms with Gasteiger partial charge in [0.2, 0.25) is 0 Å². The molecule has 0 aromatic rings. The lowest BCUT2D eigenvalue weighted by molar-refractivity contribution is 0.0832. The first kappa shape index (κ1) is 14.3. The van der Waals surface area contributed by atoms with E-state index in [1.165, 1.54) is 45.3 Å². The molecule has 18 heavy (non-hydrogen) atoms. The Morgan fingerprint density at radius 3 is 2.39 bits per heavy atom. The third-order valence-corrected chi connectivity index (χ3v) is 4.82. The van der Waals surface area contributed by atoms with E-state index in [1.54, 1.807) is 0 Å². The first-order valence-electron chi connectivity index (χ1n) is 8.05. The van der Waals surface area contributed by atoms with Crippen LogP contribution in [0.4, 0.5) is 0 Å². The molecule has 0 bridgehead atoms. The molecule has 2 heteroatoms. The maximum absolute atomic E-state index is 3.75. The van der Waals surface area contributed by atoms with Crippen molar-refractivity contribution in [2.24, 2.45) is 17.8 Å². The summed E-state index contributed by atoms with van der Waals surface area (Å²) in [6, 6.07) is 1.44. The molecule has 2 nitrogen and oxygen atoms in total. The number of rotatable bonds is 6. The maximum Gasteiger partial charge on any atom is 0.0244 e. The summed E-state index contributed by atoms with van der Waals surface area (Å²) in [5.74, 6) is 2.61. The Balaban J connectivity index is 1.82. The van der Waals surface area contributed by atoms with Gasteiger partial charge in [0.25, 0.3) is 0 Å². The van der Waals surface area contributed by atoms with Crippen molar-refractivity contribution in [3.8, 4) is 0 Å². The van der Waals surface area contributed by atoms with E-state index in [9.17, 15) is 0 Å². The van der Waals surface area contributed by atoms with Crippen LogP contribution in [0.15, 0.2) is 0 Å². The van der Waals surface area contributed by atoms with E-state index in [-0.39, 0.29) is 0 Å². The van der Waals surface area contributed by atoms with Crippen LogP contribution in [0, 0.1) is 17.8 Å². The molecule has 106 valence electrons. The van der Waals surface area contributed by atoms with Crippen LogP contribution < -0.4 is 5.32 Å². The van der Waals surface area contributed by atoms with Gasteiger partial charge in [-0.05, 0) is 37.1 Å². The average Bonchev–Trinajstić information content (AvgIpc) is 3.12. The Hall–Kier alpha value is -0.0800. The molecule has 0 spiro atoms. The molecule has 1 saturated heterocycles. The molecule has 1 aliphatic heterocycles. The van der Waals surface area contributed by atoms with Crippen molar-refractivity contribution in [3.63, 3.8) is 0 Å². The zero-order valence-corrected chi connectivity index (χ0v) is 12.8. The number of hydrogen-bond acceptors (Lipinski definition) is 2. The minimum absolute atomic E-state index is 0.695. The van der Waals surface area contributed by atoms with Gasteiger partial charge in [0.15, 0.2) is 0 Å². The minimum Gasteiger partial charge on any atom is -0.311 e. The van der Waals surface area contributed by atoms with E-state index in [1.807, 2.05) is 0 Å². The smallest absolute Gasteiger partial charge is 0.0244 e. The van der Waals surface area contributed by atoms with Crippen LogP contribution in [0.3, 0.4) is 0 Å².